The van der Waals surface area contributed by atoms with Crippen LogP contribution in [0.1, 0.15) is 62.5 Å². The summed E-state index contributed by atoms with van der Waals surface area (Å²) in [5.41, 5.74) is 9.43. The lowest BCUT2D eigenvalue weighted by atomic mass is 9.70. The summed E-state index contributed by atoms with van der Waals surface area (Å²) in [4.78, 5) is 32.7. The topological polar surface area (TPSA) is 117 Å². The SMILES string of the molecule is COc1nc(C(=O)N2CC3CCC2(C(C)(C)C)[C@@H]3OC(N)=O)cn2nc(-c3cc4ccccc4n3CC3CC3)c(C)c12. The second-order valence-corrected chi connectivity index (χ2v) is 13.3. The van der Waals surface area contributed by atoms with Crippen molar-refractivity contribution in [1.29, 1.82) is 0 Å². The monoisotopic (exact) mass is 570 g/mol. The van der Waals surface area contributed by atoms with Gasteiger partial charge in [0.05, 0.1) is 24.5 Å². The number of aryl methyl sites for hydroxylation is 1. The summed E-state index contributed by atoms with van der Waals surface area (Å²) in [5, 5.41) is 6.21. The number of para-hydroxylation sites is 1. The Balaban J connectivity index is 1.33. The van der Waals surface area contributed by atoms with Crippen LogP contribution in [0.25, 0.3) is 27.8 Å². The predicted molar refractivity (Wildman–Crippen MR) is 158 cm³/mol. The number of primary amides is 1. The molecule has 0 radical (unpaired) electrons. The van der Waals surface area contributed by atoms with Crippen LogP contribution in [-0.2, 0) is 11.3 Å². The molecule has 0 spiro atoms. The second kappa shape index (κ2) is 9.21. The Morgan fingerprint density at radius 2 is 1.93 bits per heavy atom. The maximum atomic E-state index is 14.3. The highest BCUT2D eigenvalue weighted by molar-refractivity contribution is 5.94. The van der Waals surface area contributed by atoms with Crippen molar-refractivity contribution in [3.63, 3.8) is 0 Å². The summed E-state index contributed by atoms with van der Waals surface area (Å²) in [6.07, 6.45) is 4.52. The number of ether oxygens (including phenoxy) is 2. The van der Waals surface area contributed by atoms with Gasteiger partial charge in [0.1, 0.15) is 17.3 Å². The number of amides is 2. The second-order valence-electron chi connectivity index (χ2n) is 13.3. The van der Waals surface area contributed by atoms with Crippen LogP contribution in [0.4, 0.5) is 4.79 Å². The van der Waals surface area contributed by atoms with Gasteiger partial charge in [-0.2, -0.15) is 5.10 Å². The van der Waals surface area contributed by atoms with Gasteiger partial charge in [0.25, 0.3) is 5.91 Å². The van der Waals surface area contributed by atoms with Crippen LogP contribution in [-0.4, -0.2) is 61.4 Å². The lowest BCUT2D eigenvalue weighted by Crippen LogP contribution is -2.60. The fourth-order valence-electron chi connectivity index (χ4n) is 7.72. The lowest BCUT2D eigenvalue weighted by molar-refractivity contribution is -0.0361. The summed E-state index contributed by atoms with van der Waals surface area (Å²) in [7, 11) is 1.57. The molecule has 1 aromatic carbocycles. The van der Waals surface area contributed by atoms with E-state index in [0.29, 0.717) is 18.3 Å². The van der Waals surface area contributed by atoms with Crippen LogP contribution in [0.3, 0.4) is 0 Å². The van der Waals surface area contributed by atoms with E-state index in [4.69, 9.17) is 25.3 Å². The van der Waals surface area contributed by atoms with E-state index < -0.39 is 17.7 Å². The van der Waals surface area contributed by atoms with Crippen molar-refractivity contribution in [3.05, 3.63) is 47.8 Å². The first-order valence-corrected chi connectivity index (χ1v) is 14.8. The zero-order valence-electron chi connectivity index (χ0n) is 24.9. The molecule has 2 aliphatic carbocycles. The van der Waals surface area contributed by atoms with Crippen LogP contribution in [0, 0.1) is 24.2 Å². The molecule has 2 bridgehead atoms. The van der Waals surface area contributed by atoms with Crippen molar-refractivity contribution in [1.82, 2.24) is 24.1 Å². The van der Waals surface area contributed by atoms with Gasteiger partial charge in [-0.1, -0.05) is 39.0 Å². The predicted octanol–water partition coefficient (Wildman–Crippen LogP) is 5.19. The Kier molecular flexibility index (Phi) is 5.88. The summed E-state index contributed by atoms with van der Waals surface area (Å²) in [6.45, 7) is 9.70. The fourth-order valence-corrected chi connectivity index (χ4v) is 7.72. The number of nitrogens with two attached hydrogens (primary N) is 1. The number of nitrogens with zero attached hydrogens (tertiary/aromatic N) is 5. The van der Waals surface area contributed by atoms with E-state index in [1.54, 1.807) is 17.8 Å². The average Bonchev–Trinajstić information content (AvgIpc) is 3.34. The van der Waals surface area contributed by atoms with Gasteiger partial charge in [-0.15, -0.1) is 0 Å². The van der Waals surface area contributed by atoms with Crippen LogP contribution in [0.5, 0.6) is 5.88 Å². The van der Waals surface area contributed by atoms with E-state index in [0.717, 1.165) is 41.9 Å². The number of piperidine rings is 1. The average molecular weight is 571 g/mol. The first kappa shape index (κ1) is 26.8. The molecule has 3 aromatic heterocycles. The molecule has 7 rings (SSSR count). The minimum atomic E-state index is -0.810. The van der Waals surface area contributed by atoms with Crippen LogP contribution in [0.2, 0.25) is 0 Å². The van der Waals surface area contributed by atoms with Crippen molar-refractivity contribution in [3.8, 4) is 17.3 Å². The Labute approximate surface area is 244 Å². The number of fused-ring (bicyclic) bond motifs is 4. The summed E-state index contributed by atoms with van der Waals surface area (Å²) in [6, 6.07) is 10.6. The minimum absolute atomic E-state index is 0.0261. The van der Waals surface area contributed by atoms with E-state index in [1.165, 1.54) is 23.7 Å². The molecule has 3 fully saturated rings. The molecule has 10 heteroatoms. The molecule has 3 aliphatic rings. The van der Waals surface area contributed by atoms with Crippen molar-refractivity contribution >= 4 is 28.4 Å². The zero-order valence-corrected chi connectivity index (χ0v) is 24.9. The molecule has 3 atom stereocenters. The van der Waals surface area contributed by atoms with Gasteiger partial charge < -0.3 is 24.7 Å². The van der Waals surface area contributed by atoms with E-state index >= 15 is 0 Å². The molecule has 42 heavy (non-hydrogen) atoms. The third-order valence-corrected chi connectivity index (χ3v) is 9.90. The van der Waals surface area contributed by atoms with Crippen molar-refractivity contribution < 1.29 is 19.1 Å². The molecule has 4 heterocycles. The van der Waals surface area contributed by atoms with Crippen molar-refractivity contribution in [2.24, 2.45) is 23.0 Å². The molecule has 2 N–H and O–H groups in total. The number of hydrogen-bond acceptors (Lipinski definition) is 6. The first-order valence-electron chi connectivity index (χ1n) is 14.8. The Hall–Kier alpha value is -4.08. The number of benzene rings is 1. The third kappa shape index (κ3) is 3.83. The van der Waals surface area contributed by atoms with E-state index in [-0.39, 0.29) is 22.9 Å². The molecule has 10 nitrogen and oxygen atoms in total. The van der Waals surface area contributed by atoms with Crippen LogP contribution in [0.15, 0.2) is 36.5 Å². The number of carbonyl (C=O) groups is 2. The molecule has 1 aliphatic heterocycles. The molecular weight excluding hydrogens is 532 g/mol. The number of carbonyl (C=O) groups excluding carboxylic acids is 2. The normalized spacial score (nSPS) is 23.7. The molecule has 2 unspecified atom stereocenters. The van der Waals surface area contributed by atoms with Gasteiger partial charge in [0, 0.05) is 35.5 Å². The standard InChI is InChI=1S/C32H38N6O4/c1-18-25(24-14-20-8-6-7-9-23(20)36(24)15-19-10-11-19)35-38-17-22(34-28(41-5)26(18)38)29(39)37-16-21-12-13-32(37,31(2,3)4)27(21)42-30(33)40/h6-9,14,17,19,21,27H,10-13,15-16H2,1-5H3,(H2,33,40)/t21?,27-,32?/m1/s1. The van der Waals surface area contributed by atoms with Crippen LogP contribution < -0.4 is 10.5 Å². The van der Waals surface area contributed by atoms with Crippen LogP contribution >= 0.6 is 0 Å². The van der Waals surface area contributed by atoms with Crippen molar-refractivity contribution in [2.45, 2.75) is 71.6 Å². The molecule has 2 amide bonds. The highest BCUT2D eigenvalue weighted by Gasteiger charge is 2.66. The molecule has 220 valence electrons. The maximum Gasteiger partial charge on any atom is 0.404 e. The number of hydrogen-bond donors (Lipinski definition) is 1. The minimum Gasteiger partial charge on any atom is -0.479 e. The third-order valence-electron chi connectivity index (χ3n) is 9.90. The molecular formula is C32H38N6O4. The summed E-state index contributed by atoms with van der Waals surface area (Å²) >= 11 is 0. The summed E-state index contributed by atoms with van der Waals surface area (Å²) in [5.74, 6) is 0.827. The Bertz CT molecular complexity index is 1750. The Morgan fingerprint density at radius 3 is 2.62 bits per heavy atom. The quantitative estimate of drug-likeness (QED) is 0.341. The van der Waals surface area contributed by atoms with Crippen molar-refractivity contribution in [2.75, 3.05) is 13.7 Å². The largest absolute Gasteiger partial charge is 0.479 e. The van der Waals surface area contributed by atoms with Gasteiger partial charge in [0.2, 0.25) is 5.88 Å². The smallest absolute Gasteiger partial charge is 0.404 e. The van der Waals surface area contributed by atoms with E-state index in [2.05, 4.69) is 55.7 Å². The number of rotatable bonds is 6. The first-order chi connectivity index (χ1) is 20.0. The lowest BCUT2D eigenvalue weighted by Gasteiger charge is -2.49. The van der Waals surface area contributed by atoms with E-state index in [1.807, 2.05) is 11.8 Å². The maximum absolute atomic E-state index is 14.3. The van der Waals surface area contributed by atoms with E-state index in [9.17, 15) is 9.59 Å². The molecule has 4 aromatic rings. The summed E-state index contributed by atoms with van der Waals surface area (Å²) < 4.78 is 15.6. The Morgan fingerprint density at radius 1 is 1.17 bits per heavy atom. The van der Waals surface area contributed by atoms with Gasteiger partial charge in [0.15, 0.2) is 5.69 Å². The van der Waals surface area contributed by atoms with Gasteiger partial charge in [-0.05, 0) is 56.1 Å². The van der Waals surface area contributed by atoms with Gasteiger partial charge in [-0.3, -0.25) is 4.79 Å². The number of methoxy groups -OCH3 is 1. The molecule has 2 saturated carbocycles. The fraction of sp³-hybridized carbons (Fsp3) is 0.500. The van der Waals surface area contributed by atoms with Gasteiger partial charge in [-0.25, -0.2) is 14.3 Å². The highest BCUT2D eigenvalue weighted by Crippen LogP contribution is 2.57. The van der Waals surface area contributed by atoms with Gasteiger partial charge >= 0.3 is 6.09 Å². The number of likely N-dealkylation sites (tertiary alicyclic amines) is 1. The molecule has 1 saturated heterocycles. The zero-order chi connectivity index (χ0) is 29.6. The number of aromatic nitrogens is 4. The highest BCUT2D eigenvalue weighted by atomic mass is 16.6.